The molecular formula is C74H141NO5. The van der Waals surface area contributed by atoms with Crippen LogP contribution in [0.4, 0.5) is 0 Å². The lowest BCUT2D eigenvalue weighted by Gasteiger charge is -2.20. The van der Waals surface area contributed by atoms with Crippen molar-refractivity contribution in [2.45, 2.75) is 411 Å². The molecule has 1 amide bonds. The Balaban J connectivity index is 3.35. The Morgan fingerprint density at radius 1 is 0.350 bits per heavy atom. The van der Waals surface area contributed by atoms with Gasteiger partial charge in [-0.05, 0) is 57.8 Å². The number of amides is 1. The predicted molar refractivity (Wildman–Crippen MR) is 352 cm³/mol. The van der Waals surface area contributed by atoms with E-state index in [-0.39, 0.29) is 18.5 Å². The molecule has 0 aromatic rings. The Morgan fingerprint density at radius 3 is 0.988 bits per heavy atom. The van der Waals surface area contributed by atoms with Crippen LogP contribution in [0.2, 0.25) is 0 Å². The van der Waals surface area contributed by atoms with E-state index >= 15 is 0 Å². The van der Waals surface area contributed by atoms with E-state index in [4.69, 9.17) is 4.74 Å². The predicted octanol–water partition coefficient (Wildman–Crippen LogP) is 23.5. The van der Waals surface area contributed by atoms with Crippen LogP contribution in [0.5, 0.6) is 0 Å². The molecule has 0 spiro atoms. The minimum absolute atomic E-state index is 0.00606. The number of ether oxygens (including phenoxy) is 1. The third kappa shape index (κ3) is 65.2. The molecule has 0 rings (SSSR count). The van der Waals surface area contributed by atoms with Gasteiger partial charge in [0.2, 0.25) is 5.91 Å². The van der Waals surface area contributed by atoms with Gasteiger partial charge in [0.1, 0.15) is 0 Å². The quantitative estimate of drug-likeness (QED) is 0.0320. The molecule has 0 radical (unpaired) electrons. The molecule has 80 heavy (non-hydrogen) atoms. The molecule has 0 saturated carbocycles. The molecule has 0 fully saturated rings. The maximum absolute atomic E-state index is 12.5. The highest BCUT2D eigenvalue weighted by Gasteiger charge is 2.18. The number of carbonyl (C=O) groups is 2. The van der Waals surface area contributed by atoms with Crippen molar-refractivity contribution >= 4 is 11.9 Å². The molecule has 2 unspecified atom stereocenters. The van der Waals surface area contributed by atoms with Crippen LogP contribution in [0.15, 0.2) is 36.5 Å². The summed E-state index contributed by atoms with van der Waals surface area (Å²) >= 11 is 0. The van der Waals surface area contributed by atoms with Gasteiger partial charge in [-0.3, -0.25) is 9.59 Å². The van der Waals surface area contributed by atoms with Crippen LogP contribution < -0.4 is 5.32 Å². The topological polar surface area (TPSA) is 95.9 Å². The molecule has 0 saturated heterocycles. The smallest absolute Gasteiger partial charge is 0.305 e. The van der Waals surface area contributed by atoms with Crippen LogP contribution in [0.1, 0.15) is 399 Å². The van der Waals surface area contributed by atoms with Gasteiger partial charge in [0, 0.05) is 12.8 Å². The third-order valence-corrected chi connectivity index (χ3v) is 16.9. The summed E-state index contributed by atoms with van der Waals surface area (Å²) in [4.78, 5) is 24.6. The van der Waals surface area contributed by atoms with Crippen LogP contribution >= 0.6 is 0 Å². The number of allylic oxidation sites excluding steroid dienone is 5. The first-order valence-electron chi connectivity index (χ1n) is 36.3. The molecular weight excluding hydrogens is 983 g/mol. The molecule has 0 aromatic heterocycles. The highest BCUT2D eigenvalue weighted by atomic mass is 16.5. The first kappa shape index (κ1) is 78.1. The molecule has 2 atom stereocenters. The second-order valence-corrected chi connectivity index (χ2v) is 24.9. The average molecular weight is 1120 g/mol. The van der Waals surface area contributed by atoms with Gasteiger partial charge < -0.3 is 20.3 Å². The van der Waals surface area contributed by atoms with Crippen LogP contribution in [0.25, 0.3) is 0 Å². The van der Waals surface area contributed by atoms with Gasteiger partial charge in [-0.1, -0.05) is 365 Å². The fourth-order valence-corrected chi connectivity index (χ4v) is 11.4. The van der Waals surface area contributed by atoms with Crippen molar-refractivity contribution in [3.63, 3.8) is 0 Å². The van der Waals surface area contributed by atoms with Gasteiger partial charge in [0.15, 0.2) is 0 Å². The Morgan fingerprint density at radius 2 is 0.637 bits per heavy atom. The molecule has 6 nitrogen and oxygen atoms in total. The Bertz CT molecular complexity index is 1300. The summed E-state index contributed by atoms with van der Waals surface area (Å²) < 4.78 is 5.48. The first-order valence-corrected chi connectivity index (χ1v) is 36.3. The van der Waals surface area contributed by atoms with Gasteiger partial charge >= 0.3 is 5.97 Å². The van der Waals surface area contributed by atoms with E-state index < -0.39 is 12.1 Å². The maximum atomic E-state index is 12.5. The summed E-state index contributed by atoms with van der Waals surface area (Å²) in [6.45, 7) is 4.89. The number of nitrogens with one attached hydrogen (secondary N) is 1. The summed E-state index contributed by atoms with van der Waals surface area (Å²) in [5.41, 5.74) is 0. The van der Waals surface area contributed by atoms with Crippen molar-refractivity contribution in [1.29, 1.82) is 0 Å². The fraction of sp³-hybridized carbons (Fsp3) is 0.892. The lowest BCUT2D eigenvalue weighted by atomic mass is 10.0. The van der Waals surface area contributed by atoms with Crippen molar-refractivity contribution < 1.29 is 24.5 Å². The largest absolute Gasteiger partial charge is 0.466 e. The Labute approximate surface area is 500 Å². The van der Waals surface area contributed by atoms with Crippen LogP contribution in [-0.2, 0) is 14.3 Å². The summed E-state index contributed by atoms with van der Waals surface area (Å²) in [6.07, 6.45) is 89.5. The first-order chi connectivity index (χ1) is 39.5. The summed E-state index contributed by atoms with van der Waals surface area (Å²) in [5.74, 6) is -0.0545. The zero-order chi connectivity index (χ0) is 57.8. The number of hydrogen-bond acceptors (Lipinski definition) is 5. The summed E-state index contributed by atoms with van der Waals surface area (Å²) in [7, 11) is 0. The van der Waals surface area contributed by atoms with Crippen LogP contribution in [-0.4, -0.2) is 47.4 Å². The van der Waals surface area contributed by atoms with Crippen molar-refractivity contribution in [2.75, 3.05) is 13.2 Å². The van der Waals surface area contributed by atoms with Crippen molar-refractivity contribution in [2.24, 2.45) is 0 Å². The highest BCUT2D eigenvalue weighted by molar-refractivity contribution is 5.76. The molecule has 0 heterocycles. The molecule has 6 heteroatoms. The molecule has 472 valence electrons. The normalized spacial score (nSPS) is 12.7. The summed E-state index contributed by atoms with van der Waals surface area (Å²) in [5, 5.41) is 23.2. The number of rotatable bonds is 68. The molecule has 0 aromatic carbocycles. The molecule has 0 bridgehead atoms. The van der Waals surface area contributed by atoms with Gasteiger partial charge in [-0.25, -0.2) is 0 Å². The van der Waals surface area contributed by atoms with Gasteiger partial charge in [-0.15, -0.1) is 0 Å². The van der Waals surface area contributed by atoms with Crippen LogP contribution in [0, 0.1) is 0 Å². The molecule has 0 aliphatic rings. The van der Waals surface area contributed by atoms with E-state index in [1.54, 1.807) is 6.08 Å². The van der Waals surface area contributed by atoms with E-state index in [9.17, 15) is 19.8 Å². The zero-order valence-electron chi connectivity index (χ0n) is 54.1. The molecule has 0 aliphatic heterocycles. The van der Waals surface area contributed by atoms with E-state index in [1.165, 1.54) is 321 Å². The standard InChI is InChI=1S/C74H141NO5/c1-3-5-7-9-11-13-15-17-19-20-36-39-42-46-50-54-58-62-66-72(77)71(70-76)75-73(78)67-63-59-55-51-47-43-40-37-34-32-30-28-26-24-22-21-23-25-27-29-31-33-35-38-41-45-49-53-57-61-65-69-80-74(79)68-64-60-56-52-48-44-18-16-14-12-10-8-6-4-2/h10,12,16,18,62,66,71-72,76-77H,3-9,11,13-15,17,19-61,63-65,67-70H2,1-2H3,(H,75,78)/b12-10-,18-16-,66-62+. The second-order valence-electron chi connectivity index (χ2n) is 24.9. The molecule has 0 aliphatic carbocycles. The second kappa shape index (κ2) is 69.6. The van der Waals surface area contributed by atoms with E-state index in [1.807, 2.05) is 6.08 Å². The van der Waals surface area contributed by atoms with E-state index in [0.717, 1.165) is 51.4 Å². The number of aliphatic hydroxyl groups is 2. The Hall–Kier alpha value is -1.92. The number of carbonyl (C=O) groups excluding carboxylic acids is 2. The van der Waals surface area contributed by atoms with Crippen molar-refractivity contribution in [1.82, 2.24) is 5.32 Å². The highest BCUT2D eigenvalue weighted by Crippen LogP contribution is 2.19. The third-order valence-electron chi connectivity index (χ3n) is 16.9. The van der Waals surface area contributed by atoms with E-state index in [0.29, 0.717) is 19.4 Å². The Kier molecular flexibility index (Phi) is 67.9. The number of esters is 1. The lowest BCUT2D eigenvalue weighted by molar-refractivity contribution is -0.143. The van der Waals surface area contributed by atoms with Crippen LogP contribution in [0.3, 0.4) is 0 Å². The molecule has 3 N–H and O–H groups in total. The SMILES string of the molecule is CCCC/C=C\C/C=C\CCCCCCCC(=O)OCCCCCCCCCCCCCCCCCCCCCCCCCCCCCCCCCC(=O)NC(CO)C(O)/C=C/CCCCCCCCCCCCCCCCCC. The number of aliphatic hydroxyl groups excluding tert-OH is 2. The lowest BCUT2D eigenvalue weighted by Crippen LogP contribution is -2.45. The monoisotopic (exact) mass is 1120 g/mol. The van der Waals surface area contributed by atoms with Gasteiger partial charge in [0.05, 0.1) is 25.4 Å². The van der Waals surface area contributed by atoms with Gasteiger partial charge in [-0.2, -0.15) is 0 Å². The van der Waals surface area contributed by atoms with Crippen molar-refractivity contribution in [3.05, 3.63) is 36.5 Å². The maximum Gasteiger partial charge on any atom is 0.305 e. The number of hydrogen-bond donors (Lipinski definition) is 3. The fourth-order valence-electron chi connectivity index (χ4n) is 11.4. The number of unbranched alkanes of at least 4 members (excludes halogenated alkanes) is 53. The minimum Gasteiger partial charge on any atom is -0.466 e. The van der Waals surface area contributed by atoms with E-state index in [2.05, 4.69) is 43.5 Å². The van der Waals surface area contributed by atoms with Gasteiger partial charge in [0.25, 0.3) is 0 Å². The summed E-state index contributed by atoms with van der Waals surface area (Å²) in [6, 6.07) is -0.625. The zero-order valence-corrected chi connectivity index (χ0v) is 54.1. The van der Waals surface area contributed by atoms with Crippen molar-refractivity contribution in [3.8, 4) is 0 Å². The minimum atomic E-state index is -0.842. The average Bonchev–Trinajstić information content (AvgIpc) is 3.46.